The molecule has 0 heterocycles. The van der Waals surface area contributed by atoms with Crippen molar-refractivity contribution in [3.05, 3.63) is 0 Å². The molecule has 0 bridgehead atoms. The zero-order valence-electron chi connectivity index (χ0n) is 11.1. The minimum absolute atomic E-state index is 0.162. The molecule has 0 atom stereocenters. The van der Waals surface area contributed by atoms with E-state index in [0.717, 1.165) is 32.1 Å². The highest BCUT2D eigenvalue weighted by Gasteiger charge is 2.29. The summed E-state index contributed by atoms with van der Waals surface area (Å²) in [5.41, 5.74) is -0.673. The van der Waals surface area contributed by atoms with Crippen LogP contribution >= 0.6 is 0 Å². The van der Waals surface area contributed by atoms with Crippen molar-refractivity contribution in [2.45, 2.75) is 58.0 Å². The first kappa shape index (κ1) is 14.3. The van der Waals surface area contributed by atoms with Crippen LogP contribution in [0, 0.1) is 5.92 Å². The zero-order valence-corrected chi connectivity index (χ0v) is 11.1. The van der Waals surface area contributed by atoms with Gasteiger partial charge in [-0.05, 0) is 25.2 Å². The Balaban J connectivity index is 2.14. The molecule has 4 heteroatoms. The van der Waals surface area contributed by atoms with Gasteiger partial charge in [-0.1, -0.05) is 33.1 Å². The van der Waals surface area contributed by atoms with Gasteiger partial charge in [0.05, 0.1) is 5.60 Å². The number of amides is 2. The molecule has 0 aromatic heterocycles. The molecule has 1 aliphatic carbocycles. The van der Waals surface area contributed by atoms with Crippen molar-refractivity contribution in [1.82, 2.24) is 10.6 Å². The number of hydrogen-bond acceptors (Lipinski definition) is 2. The van der Waals surface area contributed by atoms with Crippen LogP contribution in [-0.2, 0) is 0 Å². The molecule has 2 amide bonds. The summed E-state index contributed by atoms with van der Waals surface area (Å²) in [5.74, 6) is 0.595. The summed E-state index contributed by atoms with van der Waals surface area (Å²) >= 11 is 0. The Labute approximate surface area is 104 Å². The van der Waals surface area contributed by atoms with E-state index in [1.54, 1.807) is 0 Å². The molecule has 1 saturated carbocycles. The van der Waals surface area contributed by atoms with Gasteiger partial charge in [0.25, 0.3) is 0 Å². The Bertz CT molecular complexity index is 236. The molecule has 17 heavy (non-hydrogen) atoms. The maximum absolute atomic E-state index is 11.5. The third kappa shape index (κ3) is 5.91. The number of rotatable bonds is 5. The van der Waals surface area contributed by atoms with Crippen LogP contribution in [0.25, 0.3) is 0 Å². The average molecular weight is 242 g/mol. The van der Waals surface area contributed by atoms with Crippen LogP contribution in [0.1, 0.15) is 52.4 Å². The quantitative estimate of drug-likeness (QED) is 0.691. The van der Waals surface area contributed by atoms with Gasteiger partial charge in [0.2, 0.25) is 0 Å². The van der Waals surface area contributed by atoms with Crippen LogP contribution < -0.4 is 10.6 Å². The smallest absolute Gasteiger partial charge is 0.314 e. The maximum atomic E-state index is 11.5. The highest BCUT2D eigenvalue weighted by atomic mass is 16.3. The molecule has 0 aromatic carbocycles. The Kier molecular flexibility index (Phi) is 5.75. The van der Waals surface area contributed by atoms with Gasteiger partial charge in [-0.15, -0.1) is 0 Å². The number of carbonyl (C=O) groups excluding carboxylic acids is 1. The molecule has 0 aromatic rings. The monoisotopic (exact) mass is 242 g/mol. The van der Waals surface area contributed by atoms with Crippen molar-refractivity contribution >= 4 is 6.03 Å². The zero-order chi connectivity index (χ0) is 12.7. The molecule has 100 valence electrons. The summed E-state index contributed by atoms with van der Waals surface area (Å²) in [7, 11) is 0. The number of carbonyl (C=O) groups is 1. The van der Waals surface area contributed by atoms with E-state index in [4.69, 9.17) is 0 Å². The van der Waals surface area contributed by atoms with Crippen molar-refractivity contribution < 1.29 is 9.90 Å². The standard InChI is InChI=1S/C13H26N2O2/c1-11(2)6-9-14-12(16)15-10-13(17)7-4-3-5-8-13/h11,17H,3-10H2,1-2H3,(H2,14,15,16). The topological polar surface area (TPSA) is 61.4 Å². The van der Waals surface area contributed by atoms with Crippen molar-refractivity contribution in [3.63, 3.8) is 0 Å². The molecule has 1 rings (SSSR count). The van der Waals surface area contributed by atoms with Crippen LogP contribution in [0.3, 0.4) is 0 Å². The Morgan fingerprint density at radius 3 is 2.47 bits per heavy atom. The lowest BCUT2D eigenvalue weighted by atomic mass is 9.85. The molecule has 0 radical (unpaired) electrons. The van der Waals surface area contributed by atoms with Gasteiger partial charge in [0.1, 0.15) is 0 Å². The average Bonchev–Trinajstić information content (AvgIpc) is 2.27. The molecule has 1 aliphatic rings. The summed E-state index contributed by atoms with van der Waals surface area (Å²) < 4.78 is 0. The molecular formula is C13H26N2O2. The predicted octanol–water partition coefficient (Wildman–Crippen LogP) is 2.03. The third-order valence-corrected chi connectivity index (χ3v) is 3.37. The Hall–Kier alpha value is -0.770. The van der Waals surface area contributed by atoms with Crippen LogP contribution in [0.2, 0.25) is 0 Å². The normalized spacial score (nSPS) is 19.1. The van der Waals surface area contributed by atoms with Crippen LogP contribution in [0.15, 0.2) is 0 Å². The summed E-state index contributed by atoms with van der Waals surface area (Å²) in [6, 6.07) is -0.162. The third-order valence-electron chi connectivity index (χ3n) is 3.37. The van der Waals surface area contributed by atoms with Gasteiger partial charge in [0.15, 0.2) is 0 Å². The van der Waals surface area contributed by atoms with Crippen molar-refractivity contribution in [2.75, 3.05) is 13.1 Å². The minimum Gasteiger partial charge on any atom is -0.388 e. The van der Waals surface area contributed by atoms with Crippen LogP contribution in [0.4, 0.5) is 4.79 Å². The van der Waals surface area contributed by atoms with E-state index in [1.807, 2.05) is 0 Å². The van der Waals surface area contributed by atoms with E-state index in [-0.39, 0.29) is 6.03 Å². The first-order valence-electron chi connectivity index (χ1n) is 6.76. The second-order valence-corrected chi connectivity index (χ2v) is 5.58. The predicted molar refractivity (Wildman–Crippen MR) is 68.9 cm³/mol. The van der Waals surface area contributed by atoms with E-state index < -0.39 is 5.60 Å². The van der Waals surface area contributed by atoms with E-state index >= 15 is 0 Å². The Morgan fingerprint density at radius 1 is 1.24 bits per heavy atom. The van der Waals surface area contributed by atoms with E-state index in [0.29, 0.717) is 19.0 Å². The van der Waals surface area contributed by atoms with Crippen molar-refractivity contribution in [2.24, 2.45) is 5.92 Å². The molecule has 3 N–H and O–H groups in total. The fraction of sp³-hybridized carbons (Fsp3) is 0.923. The largest absolute Gasteiger partial charge is 0.388 e. The van der Waals surface area contributed by atoms with Crippen LogP contribution in [-0.4, -0.2) is 29.8 Å². The fourth-order valence-corrected chi connectivity index (χ4v) is 2.17. The molecule has 0 spiro atoms. The van der Waals surface area contributed by atoms with Gasteiger partial charge in [0, 0.05) is 13.1 Å². The molecule has 0 saturated heterocycles. The summed E-state index contributed by atoms with van der Waals surface area (Å²) in [4.78, 5) is 11.5. The number of nitrogens with one attached hydrogen (secondary N) is 2. The second kappa shape index (κ2) is 6.84. The van der Waals surface area contributed by atoms with Gasteiger partial charge >= 0.3 is 6.03 Å². The lowest BCUT2D eigenvalue weighted by Gasteiger charge is -2.32. The molecule has 4 nitrogen and oxygen atoms in total. The fourth-order valence-electron chi connectivity index (χ4n) is 2.17. The molecule has 0 aliphatic heterocycles. The molecule has 1 fully saturated rings. The van der Waals surface area contributed by atoms with E-state index in [2.05, 4.69) is 24.5 Å². The lowest BCUT2D eigenvalue weighted by molar-refractivity contribution is 0.00719. The highest BCUT2D eigenvalue weighted by molar-refractivity contribution is 5.73. The van der Waals surface area contributed by atoms with Gasteiger partial charge in [-0.25, -0.2) is 4.79 Å². The van der Waals surface area contributed by atoms with E-state index in [9.17, 15) is 9.90 Å². The first-order chi connectivity index (χ1) is 8.02. The number of hydrogen-bond donors (Lipinski definition) is 3. The van der Waals surface area contributed by atoms with Gasteiger partial charge < -0.3 is 15.7 Å². The van der Waals surface area contributed by atoms with Crippen molar-refractivity contribution in [1.29, 1.82) is 0 Å². The first-order valence-corrected chi connectivity index (χ1v) is 6.76. The number of aliphatic hydroxyl groups is 1. The minimum atomic E-state index is -0.673. The lowest BCUT2D eigenvalue weighted by Crippen LogP contribution is -2.47. The molecular weight excluding hydrogens is 216 g/mol. The van der Waals surface area contributed by atoms with Crippen LogP contribution in [0.5, 0.6) is 0 Å². The van der Waals surface area contributed by atoms with Gasteiger partial charge in [-0.2, -0.15) is 0 Å². The summed E-state index contributed by atoms with van der Waals surface area (Å²) in [6.45, 7) is 5.33. The Morgan fingerprint density at radius 2 is 1.88 bits per heavy atom. The number of urea groups is 1. The maximum Gasteiger partial charge on any atom is 0.314 e. The summed E-state index contributed by atoms with van der Waals surface area (Å²) in [5, 5.41) is 15.8. The second-order valence-electron chi connectivity index (χ2n) is 5.58. The SMILES string of the molecule is CC(C)CCNC(=O)NCC1(O)CCCCC1. The molecule has 0 unspecified atom stereocenters. The van der Waals surface area contributed by atoms with Gasteiger partial charge in [-0.3, -0.25) is 0 Å². The van der Waals surface area contributed by atoms with Crippen molar-refractivity contribution in [3.8, 4) is 0 Å². The summed E-state index contributed by atoms with van der Waals surface area (Å²) in [6.07, 6.45) is 5.92. The van der Waals surface area contributed by atoms with E-state index in [1.165, 1.54) is 6.42 Å². The highest BCUT2D eigenvalue weighted by Crippen LogP contribution is 2.27.